The Bertz CT molecular complexity index is 455. The molecule has 0 unspecified atom stereocenters. The zero-order valence-corrected chi connectivity index (χ0v) is 14.8. The molecule has 0 radical (unpaired) electrons. The fourth-order valence-corrected chi connectivity index (χ4v) is 2.23. The highest BCUT2D eigenvalue weighted by Gasteiger charge is 2.25. The van der Waals surface area contributed by atoms with Gasteiger partial charge in [0.2, 0.25) is 0 Å². The molecular weight excluding hydrogens is 276 g/mol. The first kappa shape index (κ1) is 18.3. The predicted octanol–water partition coefficient (Wildman–Crippen LogP) is 4.08. The van der Waals surface area contributed by atoms with Crippen molar-refractivity contribution in [2.45, 2.75) is 47.1 Å². The number of rotatable bonds is 1. The number of carbonyl (C=O) groups is 1. The van der Waals surface area contributed by atoms with Crippen LogP contribution in [0.2, 0.25) is 0 Å². The van der Waals surface area contributed by atoms with E-state index in [9.17, 15) is 4.79 Å². The third-order valence-corrected chi connectivity index (χ3v) is 3.33. The summed E-state index contributed by atoms with van der Waals surface area (Å²) >= 11 is 0. The number of hydrogen-bond acceptors (Lipinski definition) is 3. The van der Waals surface area contributed by atoms with Gasteiger partial charge in [-0.25, -0.2) is 4.79 Å². The Morgan fingerprint density at radius 2 is 1.50 bits per heavy atom. The number of benzene rings is 1. The molecule has 1 aliphatic heterocycles. The molecule has 0 aliphatic carbocycles. The lowest BCUT2D eigenvalue weighted by Crippen LogP contribution is -2.50. The maximum absolute atomic E-state index is 12.0. The molecule has 1 fully saturated rings. The van der Waals surface area contributed by atoms with E-state index in [4.69, 9.17) is 4.74 Å². The molecule has 1 aromatic carbocycles. The van der Waals surface area contributed by atoms with Crippen molar-refractivity contribution in [1.29, 1.82) is 0 Å². The molecule has 0 spiro atoms. The summed E-state index contributed by atoms with van der Waals surface area (Å²) in [6.07, 6.45) is -0.207. The van der Waals surface area contributed by atoms with Crippen LogP contribution in [0.3, 0.4) is 0 Å². The van der Waals surface area contributed by atoms with Gasteiger partial charge in [0.05, 0.1) is 0 Å². The van der Waals surface area contributed by atoms with Crippen LogP contribution in [0.15, 0.2) is 24.3 Å². The fourth-order valence-electron chi connectivity index (χ4n) is 2.23. The largest absolute Gasteiger partial charge is 0.444 e. The van der Waals surface area contributed by atoms with Crippen LogP contribution in [0.1, 0.15) is 40.2 Å². The highest BCUT2D eigenvalue weighted by molar-refractivity contribution is 5.68. The number of ether oxygens (including phenoxy) is 1. The maximum atomic E-state index is 12.0. The minimum absolute atomic E-state index is 0.207. The summed E-state index contributed by atoms with van der Waals surface area (Å²) in [6.45, 7) is 14.9. The van der Waals surface area contributed by atoms with Crippen LogP contribution in [0.4, 0.5) is 10.5 Å². The average Bonchev–Trinajstić information content (AvgIpc) is 2.48. The van der Waals surface area contributed by atoms with Crippen molar-refractivity contribution in [1.82, 2.24) is 4.90 Å². The summed E-state index contributed by atoms with van der Waals surface area (Å²) in [5.74, 6) is 0. The van der Waals surface area contributed by atoms with Gasteiger partial charge in [0, 0.05) is 31.9 Å². The number of piperazine rings is 1. The summed E-state index contributed by atoms with van der Waals surface area (Å²) in [7, 11) is 0. The molecule has 0 saturated carbocycles. The Morgan fingerprint density at radius 1 is 1.00 bits per heavy atom. The number of aryl methyl sites for hydroxylation is 1. The number of amides is 1. The van der Waals surface area contributed by atoms with Crippen LogP contribution in [0.5, 0.6) is 0 Å². The van der Waals surface area contributed by atoms with E-state index in [0.29, 0.717) is 13.1 Å². The Balaban J connectivity index is 0.00000116. The van der Waals surface area contributed by atoms with E-state index < -0.39 is 5.60 Å². The van der Waals surface area contributed by atoms with Crippen LogP contribution in [-0.4, -0.2) is 42.8 Å². The number of hydrogen-bond donors (Lipinski definition) is 0. The number of anilines is 1. The standard InChI is InChI=1S/C16H24N2O2.C2H6/c1-13-5-7-14(8-6-13)17-9-11-18(12-10-17)15(19)20-16(2,3)4;1-2/h5-8H,9-12H2,1-4H3;1-2H3. The quantitative estimate of drug-likeness (QED) is 0.784. The maximum Gasteiger partial charge on any atom is 0.410 e. The molecule has 1 aliphatic rings. The van der Waals surface area contributed by atoms with Crippen LogP contribution >= 0.6 is 0 Å². The molecule has 1 amide bonds. The Kier molecular flexibility index (Phi) is 6.72. The monoisotopic (exact) mass is 306 g/mol. The first-order valence-electron chi connectivity index (χ1n) is 8.15. The van der Waals surface area contributed by atoms with E-state index in [2.05, 4.69) is 36.1 Å². The SMILES string of the molecule is CC.Cc1ccc(N2CCN(C(=O)OC(C)(C)C)CC2)cc1. The third kappa shape index (κ3) is 5.58. The second kappa shape index (κ2) is 8.06. The lowest BCUT2D eigenvalue weighted by Gasteiger charge is -2.36. The summed E-state index contributed by atoms with van der Waals surface area (Å²) in [6, 6.07) is 8.52. The van der Waals surface area contributed by atoms with E-state index in [0.717, 1.165) is 13.1 Å². The normalized spacial score (nSPS) is 15.0. The highest BCUT2D eigenvalue weighted by Crippen LogP contribution is 2.18. The van der Waals surface area contributed by atoms with Gasteiger partial charge in [0.15, 0.2) is 0 Å². The van der Waals surface area contributed by atoms with Gasteiger partial charge in [0.25, 0.3) is 0 Å². The molecule has 2 rings (SSSR count). The molecule has 124 valence electrons. The fraction of sp³-hybridized carbons (Fsp3) is 0.611. The topological polar surface area (TPSA) is 32.8 Å². The van der Waals surface area contributed by atoms with Crippen molar-refractivity contribution in [3.8, 4) is 0 Å². The molecule has 1 saturated heterocycles. The van der Waals surface area contributed by atoms with E-state index in [-0.39, 0.29) is 6.09 Å². The van der Waals surface area contributed by atoms with Gasteiger partial charge in [-0.2, -0.15) is 0 Å². The van der Waals surface area contributed by atoms with E-state index in [1.807, 2.05) is 34.6 Å². The Labute approximate surface area is 135 Å². The first-order chi connectivity index (χ1) is 10.3. The van der Waals surface area contributed by atoms with Gasteiger partial charge in [-0.15, -0.1) is 0 Å². The van der Waals surface area contributed by atoms with E-state index in [1.54, 1.807) is 4.90 Å². The van der Waals surface area contributed by atoms with Crippen molar-refractivity contribution >= 4 is 11.8 Å². The number of nitrogens with zero attached hydrogens (tertiary/aromatic N) is 2. The van der Waals surface area contributed by atoms with Crippen molar-refractivity contribution in [2.75, 3.05) is 31.1 Å². The zero-order valence-electron chi connectivity index (χ0n) is 14.8. The predicted molar refractivity (Wildman–Crippen MR) is 92.5 cm³/mol. The molecule has 22 heavy (non-hydrogen) atoms. The first-order valence-corrected chi connectivity index (χ1v) is 8.15. The third-order valence-electron chi connectivity index (χ3n) is 3.33. The van der Waals surface area contributed by atoms with Crippen molar-refractivity contribution in [3.63, 3.8) is 0 Å². The smallest absolute Gasteiger partial charge is 0.410 e. The molecule has 1 aromatic rings. The molecule has 0 atom stereocenters. The molecule has 1 heterocycles. The van der Waals surface area contributed by atoms with Gasteiger partial charge in [-0.3, -0.25) is 0 Å². The van der Waals surface area contributed by atoms with Crippen molar-refractivity contribution in [2.24, 2.45) is 0 Å². The van der Waals surface area contributed by atoms with Crippen LogP contribution in [-0.2, 0) is 4.74 Å². The van der Waals surface area contributed by atoms with Crippen LogP contribution in [0, 0.1) is 6.92 Å². The number of carbonyl (C=O) groups excluding carboxylic acids is 1. The van der Waals surface area contributed by atoms with Gasteiger partial charge < -0.3 is 14.5 Å². The van der Waals surface area contributed by atoms with Crippen LogP contribution < -0.4 is 4.90 Å². The minimum Gasteiger partial charge on any atom is -0.444 e. The Hall–Kier alpha value is -1.71. The lowest BCUT2D eigenvalue weighted by atomic mass is 10.2. The van der Waals surface area contributed by atoms with Crippen LogP contribution in [0.25, 0.3) is 0 Å². The molecule has 4 nitrogen and oxygen atoms in total. The van der Waals surface area contributed by atoms with Gasteiger partial charge in [-0.1, -0.05) is 31.5 Å². The summed E-state index contributed by atoms with van der Waals surface area (Å²) < 4.78 is 5.40. The zero-order chi connectivity index (χ0) is 16.8. The van der Waals surface area contributed by atoms with Gasteiger partial charge in [0.1, 0.15) is 5.60 Å². The van der Waals surface area contributed by atoms with E-state index >= 15 is 0 Å². The average molecular weight is 306 g/mol. The van der Waals surface area contributed by atoms with Crippen molar-refractivity contribution in [3.05, 3.63) is 29.8 Å². The summed E-state index contributed by atoms with van der Waals surface area (Å²) in [5, 5.41) is 0. The minimum atomic E-state index is -0.425. The van der Waals surface area contributed by atoms with Gasteiger partial charge >= 0.3 is 6.09 Å². The molecule has 0 aromatic heterocycles. The Morgan fingerprint density at radius 3 is 1.95 bits per heavy atom. The summed E-state index contributed by atoms with van der Waals surface area (Å²) in [4.78, 5) is 16.1. The summed E-state index contributed by atoms with van der Waals surface area (Å²) in [5.41, 5.74) is 2.06. The second-order valence-electron chi connectivity index (χ2n) is 6.29. The molecule has 4 heteroatoms. The highest BCUT2D eigenvalue weighted by atomic mass is 16.6. The molecule has 0 N–H and O–H groups in total. The van der Waals surface area contributed by atoms with Crippen molar-refractivity contribution < 1.29 is 9.53 Å². The van der Waals surface area contributed by atoms with E-state index in [1.165, 1.54) is 11.3 Å². The van der Waals surface area contributed by atoms with Gasteiger partial charge in [-0.05, 0) is 39.8 Å². The lowest BCUT2D eigenvalue weighted by molar-refractivity contribution is 0.0240. The molecule has 0 bridgehead atoms. The second-order valence-corrected chi connectivity index (χ2v) is 6.29. The molecular formula is C18H30N2O2.